The summed E-state index contributed by atoms with van der Waals surface area (Å²) in [5.41, 5.74) is 1.48. The standard InChI is InChI=1S/C24H35N5O5/c1-17(16-25-23-27-19-9-5-6-10-21(19)33-23)26-22(30)20(15-18-7-3-2-4-8-18)28-24(31)34-29-11-13-32-14-12-29/h5-6,9-10,17-18,20H,2-4,7-8,11-16H2,1H3,(H,25,27)(H,26,30)(H,28,31)/t17-,20-/m0/s1. The van der Waals surface area contributed by atoms with E-state index in [1.807, 2.05) is 31.2 Å². The van der Waals surface area contributed by atoms with Crippen molar-refractivity contribution in [1.29, 1.82) is 0 Å². The van der Waals surface area contributed by atoms with E-state index in [0.29, 0.717) is 56.8 Å². The van der Waals surface area contributed by atoms with Crippen molar-refractivity contribution in [1.82, 2.24) is 20.7 Å². The number of hydroxylamine groups is 2. The molecule has 2 aromatic rings. The van der Waals surface area contributed by atoms with Crippen molar-refractivity contribution in [2.24, 2.45) is 5.92 Å². The molecule has 1 aliphatic heterocycles. The highest BCUT2D eigenvalue weighted by atomic mass is 16.7. The molecule has 1 aromatic heterocycles. The number of anilines is 1. The molecule has 2 atom stereocenters. The summed E-state index contributed by atoms with van der Waals surface area (Å²) in [5, 5.41) is 10.5. The summed E-state index contributed by atoms with van der Waals surface area (Å²) in [4.78, 5) is 35.4. The first-order valence-electron chi connectivity index (χ1n) is 12.3. The minimum Gasteiger partial charge on any atom is -0.424 e. The van der Waals surface area contributed by atoms with E-state index >= 15 is 0 Å². The number of ether oxygens (including phenoxy) is 1. The monoisotopic (exact) mass is 473 g/mol. The van der Waals surface area contributed by atoms with Crippen molar-refractivity contribution >= 4 is 29.1 Å². The predicted molar refractivity (Wildman–Crippen MR) is 127 cm³/mol. The smallest absolute Gasteiger partial charge is 0.424 e. The number of rotatable bonds is 9. The molecule has 10 nitrogen and oxygen atoms in total. The van der Waals surface area contributed by atoms with Gasteiger partial charge in [-0.1, -0.05) is 44.2 Å². The predicted octanol–water partition coefficient (Wildman–Crippen LogP) is 3.06. The van der Waals surface area contributed by atoms with Crippen LogP contribution >= 0.6 is 0 Å². The number of carbonyl (C=O) groups excluding carboxylic acids is 2. The van der Waals surface area contributed by atoms with Gasteiger partial charge < -0.3 is 29.9 Å². The molecule has 1 saturated heterocycles. The molecule has 3 N–H and O–H groups in total. The van der Waals surface area contributed by atoms with Crippen molar-refractivity contribution in [3.8, 4) is 0 Å². The van der Waals surface area contributed by atoms with Gasteiger partial charge in [-0.15, -0.1) is 5.06 Å². The number of carbonyl (C=O) groups is 2. The number of morpholine rings is 1. The fourth-order valence-electron chi connectivity index (χ4n) is 4.49. The molecule has 1 aromatic carbocycles. The molecule has 2 heterocycles. The highest BCUT2D eigenvalue weighted by Crippen LogP contribution is 2.27. The zero-order valence-corrected chi connectivity index (χ0v) is 19.8. The minimum atomic E-state index is -0.650. The Bertz CT molecular complexity index is 906. The van der Waals surface area contributed by atoms with E-state index in [4.69, 9.17) is 14.0 Å². The van der Waals surface area contributed by atoms with Crippen LogP contribution in [0.1, 0.15) is 45.4 Å². The lowest BCUT2D eigenvalue weighted by Crippen LogP contribution is -2.52. The number of hydrogen-bond donors (Lipinski definition) is 3. The Hall–Kier alpha value is -2.85. The van der Waals surface area contributed by atoms with E-state index in [1.165, 1.54) is 19.3 Å². The molecule has 2 fully saturated rings. The van der Waals surface area contributed by atoms with Crippen molar-refractivity contribution in [3.05, 3.63) is 24.3 Å². The molecule has 34 heavy (non-hydrogen) atoms. The van der Waals surface area contributed by atoms with Crippen molar-refractivity contribution in [3.63, 3.8) is 0 Å². The Labute approximate surface area is 199 Å². The van der Waals surface area contributed by atoms with E-state index in [1.54, 1.807) is 5.06 Å². The first kappa shape index (κ1) is 24.3. The minimum absolute atomic E-state index is 0.201. The van der Waals surface area contributed by atoms with Gasteiger partial charge in [0.2, 0.25) is 5.91 Å². The number of benzene rings is 1. The Morgan fingerprint density at radius 3 is 2.68 bits per heavy atom. The summed E-state index contributed by atoms with van der Waals surface area (Å²) in [6.07, 6.45) is 5.74. The van der Waals surface area contributed by atoms with E-state index in [0.717, 1.165) is 18.4 Å². The van der Waals surface area contributed by atoms with Gasteiger partial charge in [-0.05, 0) is 31.4 Å². The lowest BCUT2D eigenvalue weighted by molar-refractivity contribution is -0.147. The van der Waals surface area contributed by atoms with Crippen LogP contribution in [0.3, 0.4) is 0 Å². The summed E-state index contributed by atoms with van der Waals surface area (Å²) < 4.78 is 11.0. The van der Waals surface area contributed by atoms with Gasteiger partial charge in [0, 0.05) is 12.6 Å². The van der Waals surface area contributed by atoms with Crippen molar-refractivity contribution < 1.29 is 23.6 Å². The molecule has 4 rings (SSSR count). The second-order valence-electron chi connectivity index (χ2n) is 9.13. The number of aromatic nitrogens is 1. The van der Waals surface area contributed by atoms with Crippen LogP contribution in [-0.2, 0) is 14.4 Å². The summed E-state index contributed by atoms with van der Waals surface area (Å²) >= 11 is 0. The fourth-order valence-corrected chi connectivity index (χ4v) is 4.49. The molecule has 1 aliphatic carbocycles. The van der Waals surface area contributed by atoms with Crippen LogP contribution in [-0.4, -0.2) is 67.0 Å². The molecule has 186 valence electrons. The Morgan fingerprint density at radius 2 is 1.91 bits per heavy atom. The largest absolute Gasteiger partial charge is 0.426 e. The van der Waals surface area contributed by atoms with Gasteiger partial charge in [-0.2, -0.15) is 4.98 Å². The van der Waals surface area contributed by atoms with E-state index in [2.05, 4.69) is 20.9 Å². The molecule has 2 amide bonds. The Balaban J connectivity index is 1.30. The summed E-state index contributed by atoms with van der Waals surface area (Å²) in [7, 11) is 0. The Kier molecular flexibility index (Phi) is 8.59. The normalized spacial score (nSPS) is 19.3. The lowest BCUT2D eigenvalue weighted by Gasteiger charge is -2.29. The maximum atomic E-state index is 13.1. The average molecular weight is 474 g/mol. The molecule has 1 saturated carbocycles. The number of oxazole rings is 1. The zero-order chi connectivity index (χ0) is 23.8. The molecule has 0 spiro atoms. The van der Waals surface area contributed by atoms with Crippen LogP contribution in [0.5, 0.6) is 0 Å². The Morgan fingerprint density at radius 1 is 1.15 bits per heavy atom. The highest BCUT2D eigenvalue weighted by Gasteiger charge is 2.28. The van der Waals surface area contributed by atoms with Crippen LogP contribution in [0.15, 0.2) is 28.7 Å². The molecule has 0 bridgehead atoms. The van der Waals surface area contributed by atoms with Crippen LogP contribution in [0.2, 0.25) is 0 Å². The number of nitrogens with one attached hydrogen (secondary N) is 3. The fraction of sp³-hybridized carbons (Fsp3) is 0.625. The first-order valence-corrected chi connectivity index (χ1v) is 12.3. The lowest BCUT2D eigenvalue weighted by atomic mass is 9.84. The van der Waals surface area contributed by atoms with E-state index in [-0.39, 0.29) is 11.9 Å². The van der Waals surface area contributed by atoms with Gasteiger partial charge in [0.15, 0.2) is 5.58 Å². The van der Waals surface area contributed by atoms with E-state index < -0.39 is 12.1 Å². The molecule has 2 aliphatic rings. The second kappa shape index (κ2) is 12.0. The van der Waals surface area contributed by atoms with Gasteiger partial charge in [0.25, 0.3) is 6.01 Å². The third-order valence-corrected chi connectivity index (χ3v) is 6.33. The number of fused-ring (bicyclic) bond motifs is 1. The third-order valence-electron chi connectivity index (χ3n) is 6.33. The summed E-state index contributed by atoms with van der Waals surface area (Å²) in [6, 6.07) is 7.10. The van der Waals surface area contributed by atoms with Crippen LogP contribution in [0, 0.1) is 5.92 Å². The molecule has 0 unspecified atom stereocenters. The first-order chi connectivity index (χ1) is 16.6. The zero-order valence-electron chi connectivity index (χ0n) is 19.8. The van der Waals surface area contributed by atoms with Gasteiger partial charge in [0.05, 0.1) is 26.3 Å². The van der Waals surface area contributed by atoms with Crippen LogP contribution in [0.4, 0.5) is 10.8 Å². The van der Waals surface area contributed by atoms with Crippen molar-refractivity contribution in [2.75, 3.05) is 38.2 Å². The molecular formula is C24H35N5O5. The second-order valence-corrected chi connectivity index (χ2v) is 9.13. The van der Waals surface area contributed by atoms with E-state index in [9.17, 15) is 9.59 Å². The van der Waals surface area contributed by atoms with Crippen molar-refractivity contribution in [2.45, 2.75) is 57.5 Å². The van der Waals surface area contributed by atoms with Gasteiger partial charge in [-0.3, -0.25) is 4.79 Å². The summed E-state index contributed by atoms with van der Waals surface area (Å²) in [6.45, 7) is 4.41. The molecule has 10 heteroatoms. The number of amides is 2. The number of hydrogen-bond acceptors (Lipinski definition) is 8. The van der Waals surface area contributed by atoms with Gasteiger partial charge in [0.1, 0.15) is 11.6 Å². The molecule has 0 radical (unpaired) electrons. The molecular weight excluding hydrogens is 438 g/mol. The maximum absolute atomic E-state index is 13.1. The summed E-state index contributed by atoms with van der Waals surface area (Å²) in [5.74, 6) is 0.206. The third kappa shape index (κ3) is 7.07. The highest BCUT2D eigenvalue weighted by molar-refractivity contribution is 5.85. The average Bonchev–Trinajstić information content (AvgIpc) is 3.27. The SMILES string of the molecule is C[C@@H](CNc1nc2ccccc2o1)NC(=O)[C@H](CC1CCCCC1)NC(=O)ON1CCOCC1. The van der Waals surface area contributed by atoms with Gasteiger partial charge in [-0.25, -0.2) is 4.79 Å². The van der Waals surface area contributed by atoms with Crippen LogP contribution in [0.25, 0.3) is 11.1 Å². The van der Waals surface area contributed by atoms with Crippen LogP contribution < -0.4 is 16.0 Å². The quantitative estimate of drug-likeness (QED) is 0.509. The number of para-hydroxylation sites is 2. The topological polar surface area (TPSA) is 118 Å². The maximum Gasteiger partial charge on any atom is 0.426 e. The number of nitrogens with zero attached hydrogens (tertiary/aromatic N) is 2. The van der Waals surface area contributed by atoms with Gasteiger partial charge >= 0.3 is 6.09 Å².